The molecule has 1 aromatic heterocycles. The zero-order valence-corrected chi connectivity index (χ0v) is 12.8. The van der Waals surface area contributed by atoms with Crippen molar-refractivity contribution in [1.82, 2.24) is 4.98 Å². The third-order valence-electron chi connectivity index (χ3n) is 2.88. The van der Waals surface area contributed by atoms with Gasteiger partial charge in [0.25, 0.3) is 0 Å². The molecule has 96 valence electrons. The molecule has 0 aliphatic heterocycles. The second kappa shape index (κ2) is 5.31. The first kappa shape index (κ1) is 12.6. The SMILES string of the molecule is Cc1cc(OCc2ccccc2)cc2sc(Br)nc12. The Morgan fingerprint density at radius 3 is 2.79 bits per heavy atom. The molecule has 0 fully saturated rings. The Morgan fingerprint density at radius 1 is 1.21 bits per heavy atom. The van der Waals surface area contributed by atoms with Crippen LogP contribution >= 0.6 is 27.3 Å². The second-order valence-electron chi connectivity index (χ2n) is 4.33. The lowest BCUT2D eigenvalue weighted by atomic mass is 10.2. The molecule has 0 spiro atoms. The van der Waals surface area contributed by atoms with Gasteiger partial charge in [-0.2, -0.15) is 0 Å². The molecule has 3 rings (SSSR count). The number of halogens is 1. The Balaban J connectivity index is 1.85. The Hall–Kier alpha value is -1.39. The van der Waals surface area contributed by atoms with Crippen LogP contribution in [0.5, 0.6) is 5.75 Å². The van der Waals surface area contributed by atoms with Gasteiger partial charge in [-0.25, -0.2) is 4.98 Å². The highest BCUT2D eigenvalue weighted by Gasteiger charge is 2.07. The maximum Gasteiger partial charge on any atom is 0.160 e. The lowest BCUT2D eigenvalue weighted by Crippen LogP contribution is -1.95. The van der Waals surface area contributed by atoms with Gasteiger partial charge in [0.2, 0.25) is 0 Å². The number of rotatable bonds is 3. The Labute approximate surface area is 124 Å². The van der Waals surface area contributed by atoms with Gasteiger partial charge in [0.15, 0.2) is 3.92 Å². The predicted octanol–water partition coefficient (Wildman–Crippen LogP) is 4.95. The number of aromatic nitrogens is 1. The van der Waals surface area contributed by atoms with Crippen molar-refractivity contribution in [3.63, 3.8) is 0 Å². The van der Waals surface area contributed by atoms with Crippen LogP contribution in [0.4, 0.5) is 0 Å². The van der Waals surface area contributed by atoms with E-state index in [1.807, 2.05) is 30.3 Å². The van der Waals surface area contributed by atoms with Gasteiger partial charge in [-0.1, -0.05) is 30.3 Å². The van der Waals surface area contributed by atoms with Gasteiger partial charge in [0.05, 0.1) is 10.2 Å². The molecule has 19 heavy (non-hydrogen) atoms. The maximum atomic E-state index is 5.85. The van der Waals surface area contributed by atoms with Crippen LogP contribution in [0, 0.1) is 6.92 Å². The summed E-state index contributed by atoms with van der Waals surface area (Å²) in [6.45, 7) is 2.65. The zero-order valence-electron chi connectivity index (χ0n) is 10.4. The first-order valence-electron chi connectivity index (χ1n) is 5.96. The molecule has 0 bridgehead atoms. The van der Waals surface area contributed by atoms with E-state index in [0.717, 1.165) is 25.4 Å². The van der Waals surface area contributed by atoms with Crippen LogP contribution < -0.4 is 4.74 Å². The van der Waals surface area contributed by atoms with Gasteiger partial charge in [-0.15, -0.1) is 11.3 Å². The molecule has 3 aromatic rings. The summed E-state index contributed by atoms with van der Waals surface area (Å²) >= 11 is 5.05. The summed E-state index contributed by atoms with van der Waals surface area (Å²) in [5.74, 6) is 0.894. The average molecular weight is 334 g/mol. The van der Waals surface area contributed by atoms with Gasteiger partial charge in [-0.3, -0.25) is 0 Å². The molecule has 0 saturated carbocycles. The van der Waals surface area contributed by atoms with Crippen molar-refractivity contribution < 1.29 is 4.74 Å². The van der Waals surface area contributed by atoms with Crippen molar-refractivity contribution in [1.29, 1.82) is 0 Å². The number of nitrogens with zero attached hydrogens (tertiary/aromatic N) is 1. The molecule has 0 radical (unpaired) electrons. The molecule has 0 N–H and O–H groups in total. The minimum Gasteiger partial charge on any atom is -0.489 e. The highest BCUT2D eigenvalue weighted by molar-refractivity contribution is 9.11. The van der Waals surface area contributed by atoms with E-state index >= 15 is 0 Å². The molecule has 0 atom stereocenters. The van der Waals surface area contributed by atoms with Crippen molar-refractivity contribution in [2.45, 2.75) is 13.5 Å². The molecular formula is C15H12BrNOS. The number of benzene rings is 2. The van der Waals surface area contributed by atoms with E-state index in [0.29, 0.717) is 6.61 Å². The normalized spacial score (nSPS) is 10.8. The topological polar surface area (TPSA) is 22.1 Å². The van der Waals surface area contributed by atoms with Gasteiger partial charge in [-0.05, 0) is 46.1 Å². The molecule has 2 aromatic carbocycles. The molecular weight excluding hydrogens is 322 g/mol. The second-order valence-corrected chi connectivity index (χ2v) is 6.63. The fourth-order valence-corrected chi connectivity index (χ4v) is 3.46. The number of fused-ring (bicyclic) bond motifs is 1. The number of ether oxygens (including phenoxy) is 1. The van der Waals surface area contributed by atoms with Crippen molar-refractivity contribution >= 4 is 37.5 Å². The van der Waals surface area contributed by atoms with E-state index in [9.17, 15) is 0 Å². The summed E-state index contributed by atoms with van der Waals surface area (Å²) in [7, 11) is 0. The van der Waals surface area contributed by atoms with Gasteiger partial charge >= 0.3 is 0 Å². The van der Waals surface area contributed by atoms with E-state index in [1.54, 1.807) is 11.3 Å². The first-order chi connectivity index (χ1) is 9.22. The summed E-state index contributed by atoms with van der Waals surface area (Å²) < 4.78 is 7.91. The number of hydrogen-bond donors (Lipinski definition) is 0. The molecule has 2 nitrogen and oxygen atoms in total. The fraction of sp³-hybridized carbons (Fsp3) is 0.133. The lowest BCUT2D eigenvalue weighted by Gasteiger charge is -2.07. The summed E-state index contributed by atoms with van der Waals surface area (Å²) in [5, 5.41) is 0. The van der Waals surface area contributed by atoms with E-state index in [4.69, 9.17) is 4.74 Å². The number of aryl methyl sites for hydroxylation is 1. The monoisotopic (exact) mass is 333 g/mol. The summed E-state index contributed by atoms with van der Waals surface area (Å²) in [6.07, 6.45) is 0. The molecule has 4 heteroatoms. The van der Waals surface area contributed by atoms with Gasteiger partial charge in [0, 0.05) is 0 Å². The standard InChI is InChI=1S/C15H12BrNOS/c1-10-7-12(8-13-14(10)17-15(16)19-13)18-9-11-5-3-2-4-6-11/h2-8H,9H2,1H3. The molecule has 0 amide bonds. The molecule has 1 heterocycles. The summed E-state index contributed by atoms with van der Waals surface area (Å²) in [6, 6.07) is 14.3. The third kappa shape index (κ3) is 2.80. The quantitative estimate of drug-likeness (QED) is 0.676. The Bertz CT molecular complexity index is 709. The van der Waals surface area contributed by atoms with Gasteiger partial charge < -0.3 is 4.74 Å². The van der Waals surface area contributed by atoms with Crippen molar-refractivity contribution in [3.8, 4) is 5.75 Å². The first-order valence-corrected chi connectivity index (χ1v) is 7.57. The highest BCUT2D eigenvalue weighted by atomic mass is 79.9. The van der Waals surface area contributed by atoms with Crippen LogP contribution in [0.15, 0.2) is 46.4 Å². The van der Waals surface area contributed by atoms with Crippen molar-refractivity contribution in [2.24, 2.45) is 0 Å². The molecule has 0 aliphatic carbocycles. The van der Waals surface area contributed by atoms with Crippen molar-refractivity contribution in [3.05, 3.63) is 57.5 Å². The Kier molecular flexibility index (Phi) is 3.53. The number of thiazole rings is 1. The van der Waals surface area contributed by atoms with Crippen LogP contribution in [0.25, 0.3) is 10.2 Å². The van der Waals surface area contributed by atoms with E-state index in [-0.39, 0.29) is 0 Å². The van der Waals surface area contributed by atoms with E-state index in [1.165, 1.54) is 5.56 Å². The molecule has 0 aliphatic rings. The summed E-state index contributed by atoms with van der Waals surface area (Å²) in [4.78, 5) is 4.45. The van der Waals surface area contributed by atoms with E-state index in [2.05, 4.69) is 40.0 Å². The Morgan fingerprint density at radius 2 is 2.00 bits per heavy atom. The third-order valence-corrected chi connectivity index (χ3v) is 4.34. The minimum atomic E-state index is 0.589. The minimum absolute atomic E-state index is 0.589. The largest absolute Gasteiger partial charge is 0.489 e. The van der Waals surface area contributed by atoms with Gasteiger partial charge in [0.1, 0.15) is 12.4 Å². The fourth-order valence-electron chi connectivity index (χ4n) is 1.96. The average Bonchev–Trinajstić information content (AvgIpc) is 2.79. The van der Waals surface area contributed by atoms with Crippen LogP contribution in [0.3, 0.4) is 0 Å². The predicted molar refractivity (Wildman–Crippen MR) is 82.8 cm³/mol. The summed E-state index contributed by atoms with van der Waals surface area (Å²) in [5.41, 5.74) is 3.36. The van der Waals surface area contributed by atoms with Crippen LogP contribution in [0.1, 0.15) is 11.1 Å². The van der Waals surface area contributed by atoms with Crippen LogP contribution in [0.2, 0.25) is 0 Å². The molecule has 0 unspecified atom stereocenters. The smallest absolute Gasteiger partial charge is 0.160 e. The van der Waals surface area contributed by atoms with Crippen LogP contribution in [-0.4, -0.2) is 4.98 Å². The number of hydrogen-bond acceptors (Lipinski definition) is 3. The zero-order chi connectivity index (χ0) is 13.2. The van der Waals surface area contributed by atoms with Crippen LogP contribution in [-0.2, 0) is 6.61 Å². The highest BCUT2D eigenvalue weighted by Crippen LogP contribution is 2.32. The van der Waals surface area contributed by atoms with E-state index < -0.39 is 0 Å². The lowest BCUT2D eigenvalue weighted by molar-refractivity contribution is 0.306. The molecule has 0 saturated heterocycles. The van der Waals surface area contributed by atoms with Crippen molar-refractivity contribution in [2.75, 3.05) is 0 Å². The maximum absolute atomic E-state index is 5.85.